The van der Waals surface area contributed by atoms with Crippen molar-refractivity contribution < 1.29 is 23.8 Å². The van der Waals surface area contributed by atoms with Gasteiger partial charge in [0.05, 0.1) is 29.8 Å². The summed E-state index contributed by atoms with van der Waals surface area (Å²) in [5.41, 5.74) is 4.09. The highest BCUT2D eigenvalue weighted by atomic mass is 35.5. The molecule has 6 N–H and O–H groups in total. The van der Waals surface area contributed by atoms with Crippen LogP contribution >= 0.6 is 11.6 Å². The van der Waals surface area contributed by atoms with Gasteiger partial charge in [0, 0.05) is 11.3 Å². The molecule has 1 amide bonds. The van der Waals surface area contributed by atoms with Gasteiger partial charge in [-0.3, -0.25) is 10.2 Å². The number of carbonyl (C=O) groups excluding carboxylic acids is 1. The second-order valence-electron chi connectivity index (χ2n) is 5.33. The molecule has 2 rings (SSSR count). The molecule has 1 aromatic carbocycles. The molecule has 0 saturated carbocycles. The molecule has 142 valence electrons. The fourth-order valence-electron chi connectivity index (χ4n) is 2.09. The lowest BCUT2D eigenvalue weighted by Gasteiger charge is -2.12. The number of halogens is 3. The van der Waals surface area contributed by atoms with Gasteiger partial charge in [-0.15, -0.1) is 0 Å². The van der Waals surface area contributed by atoms with Gasteiger partial charge in [0.1, 0.15) is 22.4 Å². The molecule has 1 heterocycles. The van der Waals surface area contributed by atoms with Crippen molar-refractivity contribution in [3.8, 4) is 17.0 Å². The number of hydrogen-bond donors (Lipinski definition) is 5. The number of nitrogens with one attached hydrogen (secondary N) is 2. The Labute approximate surface area is 156 Å². The van der Waals surface area contributed by atoms with Gasteiger partial charge < -0.3 is 21.3 Å². The van der Waals surface area contributed by atoms with Gasteiger partial charge >= 0.3 is 0 Å². The van der Waals surface area contributed by atoms with Gasteiger partial charge in [-0.2, -0.15) is 4.39 Å². The summed E-state index contributed by atoms with van der Waals surface area (Å²) in [7, 11) is 0. The maximum Gasteiger partial charge on any atom is 0.259 e. The minimum absolute atomic E-state index is 0.0399. The number of phenolic OH excluding ortho intramolecular Hbond substituents is 1. The highest BCUT2D eigenvalue weighted by Gasteiger charge is 2.20. The number of hydrogen-bond acceptors (Lipinski definition) is 7. The molecule has 0 aliphatic heterocycles. The Morgan fingerprint density at radius 2 is 2.07 bits per heavy atom. The first-order valence-corrected chi connectivity index (χ1v) is 7.70. The predicted octanol–water partition coefficient (Wildman–Crippen LogP) is 1.76. The summed E-state index contributed by atoms with van der Waals surface area (Å²) in [4.78, 5) is 19.3. The number of phenols is 1. The Morgan fingerprint density at radius 3 is 2.63 bits per heavy atom. The summed E-state index contributed by atoms with van der Waals surface area (Å²) in [6, 6.07) is 1.63. The largest absolute Gasteiger partial charge is 0.507 e. The van der Waals surface area contributed by atoms with E-state index in [0.717, 1.165) is 18.3 Å². The zero-order valence-electron chi connectivity index (χ0n) is 13.8. The van der Waals surface area contributed by atoms with E-state index in [9.17, 15) is 18.7 Å². The van der Waals surface area contributed by atoms with Gasteiger partial charge in [0.15, 0.2) is 0 Å². The van der Waals surface area contributed by atoms with E-state index >= 15 is 0 Å². The van der Waals surface area contributed by atoms with Crippen LogP contribution in [0.15, 0.2) is 29.7 Å². The van der Waals surface area contributed by atoms with E-state index in [1.165, 1.54) is 6.92 Å². The van der Waals surface area contributed by atoms with Gasteiger partial charge in [-0.05, 0) is 19.1 Å². The monoisotopic (exact) mass is 397 g/mol. The number of aromatic nitrogens is 2. The number of amides is 1. The maximum atomic E-state index is 14.4. The summed E-state index contributed by atoms with van der Waals surface area (Å²) >= 11 is 5.52. The Morgan fingerprint density at radius 1 is 1.41 bits per heavy atom. The summed E-state index contributed by atoms with van der Waals surface area (Å²) in [6.45, 7) is 0.640. The maximum absolute atomic E-state index is 14.4. The highest BCUT2D eigenvalue weighted by Crippen LogP contribution is 2.29. The molecule has 2 aromatic rings. The zero-order chi connectivity index (χ0) is 20.3. The molecule has 0 unspecified atom stereocenters. The summed E-state index contributed by atoms with van der Waals surface area (Å²) < 4.78 is 27.8. The standard InChI is InChI=1S/C16H14ClF2N5O3/c1-6(20)13(14(17)21)24-16(27)8-2-9(18)7(3-12(8)26)10-4-22-15(19)11(5-25)23-10/h2-4,21,25-26H,5,20H2,1H3,(H,24,27). The van der Waals surface area contributed by atoms with E-state index in [2.05, 4.69) is 15.3 Å². The lowest BCUT2D eigenvalue weighted by Crippen LogP contribution is -2.28. The number of aromatic hydroxyl groups is 1. The van der Waals surface area contributed by atoms with Crippen molar-refractivity contribution in [1.82, 2.24) is 15.3 Å². The predicted molar refractivity (Wildman–Crippen MR) is 92.9 cm³/mol. The summed E-state index contributed by atoms with van der Waals surface area (Å²) in [5.74, 6) is -3.54. The molecule has 0 spiro atoms. The van der Waals surface area contributed by atoms with Crippen molar-refractivity contribution >= 4 is 22.7 Å². The van der Waals surface area contributed by atoms with Gasteiger partial charge in [-0.25, -0.2) is 14.4 Å². The fourth-order valence-corrected chi connectivity index (χ4v) is 2.29. The molecule has 27 heavy (non-hydrogen) atoms. The fraction of sp³-hybridized carbons (Fsp3) is 0.125. The van der Waals surface area contributed by atoms with Crippen molar-refractivity contribution in [2.75, 3.05) is 0 Å². The third kappa shape index (κ3) is 4.36. The van der Waals surface area contributed by atoms with Crippen LogP contribution in [0.4, 0.5) is 8.78 Å². The van der Waals surface area contributed by atoms with Crippen LogP contribution in [0, 0.1) is 17.2 Å². The van der Waals surface area contributed by atoms with Gasteiger partial charge in [-0.1, -0.05) is 11.6 Å². The van der Waals surface area contributed by atoms with E-state index in [1.54, 1.807) is 0 Å². The molecule has 0 radical (unpaired) electrons. The van der Waals surface area contributed by atoms with Crippen molar-refractivity contribution in [3.63, 3.8) is 0 Å². The number of nitrogens with two attached hydrogens (primary N) is 1. The first kappa shape index (κ1) is 20.2. The second-order valence-corrected chi connectivity index (χ2v) is 5.70. The number of benzene rings is 1. The SMILES string of the molecule is CC(N)=C(NC(=O)c1cc(F)c(-c2cnc(F)c(CO)n2)cc1O)C(=N)Cl. The molecule has 0 fully saturated rings. The zero-order valence-corrected chi connectivity index (χ0v) is 14.6. The minimum Gasteiger partial charge on any atom is -0.507 e. The van der Waals surface area contributed by atoms with Crippen molar-refractivity contribution in [2.45, 2.75) is 13.5 Å². The quantitative estimate of drug-likeness (QED) is 0.486. The smallest absolute Gasteiger partial charge is 0.259 e. The molecule has 0 aliphatic carbocycles. The van der Waals surface area contributed by atoms with E-state index in [0.29, 0.717) is 0 Å². The molecular weight excluding hydrogens is 384 g/mol. The van der Waals surface area contributed by atoms with Gasteiger partial charge in [0.25, 0.3) is 5.91 Å². The third-order valence-corrected chi connectivity index (χ3v) is 3.59. The second kappa shape index (κ2) is 8.06. The average Bonchev–Trinajstić information content (AvgIpc) is 2.61. The summed E-state index contributed by atoms with van der Waals surface area (Å²) in [5, 5.41) is 28.1. The minimum atomic E-state index is -1.01. The van der Waals surface area contributed by atoms with Crippen LogP contribution in [-0.2, 0) is 6.61 Å². The number of rotatable bonds is 5. The van der Waals surface area contributed by atoms with E-state index in [-0.39, 0.29) is 22.7 Å². The number of aliphatic hydroxyl groups is 1. The Balaban J connectivity index is 2.44. The van der Waals surface area contributed by atoms with Crippen LogP contribution in [0.25, 0.3) is 11.3 Å². The molecule has 11 heteroatoms. The van der Waals surface area contributed by atoms with Crippen LogP contribution in [0.2, 0.25) is 0 Å². The number of carbonyl (C=O) groups is 1. The van der Waals surface area contributed by atoms with Crippen molar-refractivity contribution in [1.29, 1.82) is 5.41 Å². The average molecular weight is 398 g/mol. The van der Waals surface area contributed by atoms with Crippen LogP contribution in [0.3, 0.4) is 0 Å². The first-order valence-electron chi connectivity index (χ1n) is 7.33. The Hall–Kier alpha value is -3.11. The first-order chi connectivity index (χ1) is 12.6. The number of aliphatic hydroxyl groups excluding tert-OH is 1. The molecule has 0 saturated heterocycles. The van der Waals surface area contributed by atoms with Crippen LogP contribution in [0.1, 0.15) is 23.0 Å². The number of allylic oxidation sites excluding steroid dienone is 2. The van der Waals surface area contributed by atoms with E-state index < -0.39 is 46.5 Å². The van der Waals surface area contributed by atoms with Crippen LogP contribution in [-0.4, -0.2) is 31.3 Å². The van der Waals surface area contributed by atoms with Crippen molar-refractivity contribution in [2.24, 2.45) is 5.73 Å². The van der Waals surface area contributed by atoms with Crippen molar-refractivity contribution in [3.05, 3.63) is 52.7 Å². The molecule has 0 atom stereocenters. The molecular formula is C16H14ClF2N5O3. The van der Waals surface area contributed by atoms with Gasteiger partial charge in [0.2, 0.25) is 5.95 Å². The molecule has 1 aromatic heterocycles. The summed E-state index contributed by atoms with van der Waals surface area (Å²) in [6.07, 6.45) is 0.916. The van der Waals surface area contributed by atoms with E-state index in [4.69, 9.17) is 27.9 Å². The van der Waals surface area contributed by atoms with E-state index in [1.807, 2.05) is 0 Å². The lowest BCUT2D eigenvalue weighted by molar-refractivity contribution is 0.0964. The molecule has 0 aliphatic rings. The third-order valence-electron chi connectivity index (χ3n) is 3.40. The lowest BCUT2D eigenvalue weighted by atomic mass is 10.1. The molecule has 0 bridgehead atoms. The number of nitrogens with zero attached hydrogens (tertiary/aromatic N) is 2. The van der Waals surface area contributed by atoms with Crippen LogP contribution < -0.4 is 11.1 Å². The molecule has 8 nitrogen and oxygen atoms in total. The Bertz CT molecular complexity index is 961. The highest BCUT2D eigenvalue weighted by molar-refractivity contribution is 6.68. The normalized spacial score (nSPS) is 11.7. The Kier molecular flexibility index (Phi) is 6.03. The van der Waals surface area contributed by atoms with Crippen LogP contribution in [0.5, 0.6) is 5.75 Å². The topological polar surface area (TPSA) is 145 Å².